The molecule has 2 heterocycles. The molecule has 0 saturated heterocycles. The number of aromatic carboxylic acids is 1. The predicted octanol–water partition coefficient (Wildman–Crippen LogP) is 5.69. The fraction of sp³-hybridized carbons (Fsp3) is 0.280. The van der Waals surface area contributed by atoms with E-state index in [1.807, 2.05) is 56.3 Å². The number of carboxylic acid groups (broad SMARTS) is 1. The van der Waals surface area contributed by atoms with E-state index in [4.69, 9.17) is 9.47 Å². The second kappa shape index (κ2) is 9.04. The number of benzene rings is 2. The van der Waals surface area contributed by atoms with Gasteiger partial charge in [0, 0.05) is 28.3 Å². The molecule has 0 fully saturated rings. The molecule has 1 aromatic heterocycles. The highest BCUT2D eigenvalue weighted by Gasteiger charge is 2.36. The summed E-state index contributed by atoms with van der Waals surface area (Å²) in [6.07, 6.45) is 1.03. The molecular formula is C25H25NO5S. The molecule has 0 aliphatic carbocycles. The molecule has 1 aliphatic rings. The van der Waals surface area contributed by atoms with Crippen molar-refractivity contribution in [3.05, 3.63) is 63.3 Å². The highest BCUT2D eigenvalue weighted by molar-refractivity contribution is 7.15. The summed E-state index contributed by atoms with van der Waals surface area (Å²) in [6, 6.07) is 13.3. The molecule has 0 spiro atoms. The summed E-state index contributed by atoms with van der Waals surface area (Å²) in [5, 5.41) is 12.9. The molecule has 6 nitrogen and oxygen atoms in total. The molecule has 166 valence electrons. The van der Waals surface area contributed by atoms with E-state index in [2.05, 4.69) is 5.32 Å². The molecule has 32 heavy (non-hydrogen) atoms. The van der Waals surface area contributed by atoms with Gasteiger partial charge in [0.25, 0.3) is 0 Å². The SMILES string of the molecule is CCCOc1c(OC)cccc1[C@@H]1CC(=O)Nc2c1sc(C(=O)O)c2-c1ccc(C)cc1. The molecule has 1 amide bonds. The average Bonchev–Trinajstić information content (AvgIpc) is 3.17. The van der Waals surface area contributed by atoms with E-state index >= 15 is 0 Å². The van der Waals surface area contributed by atoms with Crippen LogP contribution < -0.4 is 14.8 Å². The molecule has 0 saturated carbocycles. The van der Waals surface area contributed by atoms with Gasteiger partial charge >= 0.3 is 5.97 Å². The van der Waals surface area contributed by atoms with Crippen LogP contribution in [0, 0.1) is 6.92 Å². The van der Waals surface area contributed by atoms with Crippen LogP contribution in [0.1, 0.15) is 51.4 Å². The Hall–Kier alpha value is -3.32. The van der Waals surface area contributed by atoms with E-state index in [-0.39, 0.29) is 23.1 Å². The zero-order valence-electron chi connectivity index (χ0n) is 18.2. The van der Waals surface area contributed by atoms with Crippen LogP contribution in [0.5, 0.6) is 11.5 Å². The fourth-order valence-electron chi connectivity index (χ4n) is 4.01. The lowest BCUT2D eigenvalue weighted by molar-refractivity contribution is -0.116. The van der Waals surface area contributed by atoms with E-state index < -0.39 is 5.97 Å². The number of carbonyl (C=O) groups excluding carboxylic acids is 1. The maximum Gasteiger partial charge on any atom is 0.346 e. The molecule has 2 N–H and O–H groups in total. The third-order valence-corrected chi connectivity index (χ3v) is 6.79. The first-order chi connectivity index (χ1) is 15.4. The lowest BCUT2D eigenvalue weighted by Crippen LogP contribution is -2.23. The molecule has 0 unspecified atom stereocenters. The summed E-state index contributed by atoms with van der Waals surface area (Å²) in [7, 11) is 1.58. The smallest absolute Gasteiger partial charge is 0.346 e. The number of carbonyl (C=O) groups is 2. The molecule has 0 radical (unpaired) electrons. The summed E-state index contributed by atoms with van der Waals surface area (Å²) in [5.74, 6) is -0.305. The van der Waals surface area contributed by atoms with Gasteiger partial charge in [0.1, 0.15) is 4.88 Å². The Balaban J connectivity index is 1.92. The van der Waals surface area contributed by atoms with Gasteiger partial charge in [0.05, 0.1) is 19.4 Å². The van der Waals surface area contributed by atoms with Crippen LogP contribution in [0.4, 0.5) is 5.69 Å². The monoisotopic (exact) mass is 451 g/mol. The Morgan fingerprint density at radius 3 is 2.62 bits per heavy atom. The van der Waals surface area contributed by atoms with Crippen LogP contribution >= 0.6 is 11.3 Å². The summed E-state index contributed by atoms with van der Waals surface area (Å²) >= 11 is 1.21. The number of thiophene rings is 1. The minimum absolute atomic E-state index is 0.158. The van der Waals surface area contributed by atoms with Crippen molar-refractivity contribution >= 4 is 28.9 Å². The Labute approximate surface area is 190 Å². The predicted molar refractivity (Wildman–Crippen MR) is 125 cm³/mol. The van der Waals surface area contributed by atoms with Crippen molar-refractivity contribution in [1.29, 1.82) is 0 Å². The van der Waals surface area contributed by atoms with Crippen LogP contribution in [0.15, 0.2) is 42.5 Å². The maximum absolute atomic E-state index is 12.8. The minimum Gasteiger partial charge on any atom is -0.493 e. The third-order valence-electron chi connectivity index (χ3n) is 5.50. The average molecular weight is 452 g/mol. The molecule has 0 bridgehead atoms. The second-order valence-corrected chi connectivity index (χ2v) is 8.80. The first kappa shape index (κ1) is 21.9. The largest absolute Gasteiger partial charge is 0.493 e. The number of hydrogen-bond acceptors (Lipinski definition) is 5. The van der Waals surface area contributed by atoms with Gasteiger partial charge in [-0.2, -0.15) is 0 Å². The molecule has 1 aliphatic heterocycles. The first-order valence-electron chi connectivity index (χ1n) is 10.5. The van der Waals surface area contributed by atoms with Gasteiger partial charge < -0.3 is 19.9 Å². The number of hydrogen-bond donors (Lipinski definition) is 2. The Morgan fingerprint density at radius 1 is 1.22 bits per heavy atom. The van der Waals surface area contributed by atoms with Crippen LogP contribution in [0.3, 0.4) is 0 Å². The topological polar surface area (TPSA) is 84.9 Å². The number of carboxylic acids is 1. The molecule has 4 rings (SSSR count). The molecular weight excluding hydrogens is 426 g/mol. The Kier molecular flexibility index (Phi) is 6.19. The quantitative estimate of drug-likeness (QED) is 0.482. The number of amides is 1. The van der Waals surface area contributed by atoms with Crippen molar-refractivity contribution in [1.82, 2.24) is 0 Å². The van der Waals surface area contributed by atoms with Crippen LogP contribution in [0.2, 0.25) is 0 Å². The number of aryl methyl sites for hydroxylation is 1. The van der Waals surface area contributed by atoms with E-state index in [0.717, 1.165) is 28.0 Å². The van der Waals surface area contributed by atoms with Crippen LogP contribution in [0.25, 0.3) is 11.1 Å². The number of anilines is 1. The summed E-state index contributed by atoms with van der Waals surface area (Å²) in [5.41, 5.74) is 3.78. The Bertz CT molecular complexity index is 1170. The van der Waals surface area contributed by atoms with Gasteiger partial charge in [-0.3, -0.25) is 4.79 Å². The van der Waals surface area contributed by atoms with Gasteiger partial charge in [0.15, 0.2) is 11.5 Å². The van der Waals surface area contributed by atoms with E-state index in [9.17, 15) is 14.7 Å². The van der Waals surface area contributed by atoms with E-state index in [1.54, 1.807) is 7.11 Å². The maximum atomic E-state index is 12.8. The fourth-order valence-corrected chi connectivity index (χ4v) is 5.25. The van der Waals surface area contributed by atoms with Crippen molar-refractivity contribution < 1.29 is 24.2 Å². The third kappa shape index (κ3) is 3.96. The molecule has 7 heteroatoms. The number of nitrogens with one attached hydrogen (secondary N) is 1. The first-order valence-corrected chi connectivity index (χ1v) is 11.3. The molecule has 1 atom stereocenters. The van der Waals surface area contributed by atoms with Crippen LogP contribution in [-0.2, 0) is 4.79 Å². The number of rotatable bonds is 7. The van der Waals surface area contributed by atoms with Crippen molar-refractivity contribution in [2.24, 2.45) is 0 Å². The standard InChI is InChI=1S/C25H25NO5S/c1-4-12-31-22-16(6-5-7-18(22)30-3)17-13-19(27)26-21-20(15-10-8-14(2)9-11-15)24(25(28)29)32-23(17)21/h5-11,17H,4,12-13H2,1-3H3,(H,26,27)(H,28,29)/t17-/m0/s1. The van der Waals surface area contributed by atoms with Crippen LogP contribution in [-0.4, -0.2) is 30.7 Å². The highest BCUT2D eigenvalue weighted by atomic mass is 32.1. The van der Waals surface area contributed by atoms with Gasteiger partial charge in [-0.15, -0.1) is 11.3 Å². The molecule has 2 aromatic carbocycles. The van der Waals surface area contributed by atoms with E-state index in [1.165, 1.54) is 11.3 Å². The van der Waals surface area contributed by atoms with Gasteiger partial charge in [0.2, 0.25) is 5.91 Å². The summed E-state index contributed by atoms with van der Waals surface area (Å²) in [4.78, 5) is 26.0. The highest BCUT2D eigenvalue weighted by Crippen LogP contribution is 2.51. The zero-order valence-corrected chi connectivity index (χ0v) is 19.0. The van der Waals surface area contributed by atoms with Gasteiger partial charge in [-0.1, -0.05) is 48.9 Å². The minimum atomic E-state index is -1.01. The van der Waals surface area contributed by atoms with Crippen molar-refractivity contribution in [3.8, 4) is 22.6 Å². The normalized spacial score (nSPS) is 15.1. The number of para-hydroxylation sites is 1. The van der Waals surface area contributed by atoms with Crippen molar-refractivity contribution in [2.75, 3.05) is 19.0 Å². The van der Waals surface area contributed by atoms with Gasteiger partial charge in [-0.25, -0.2) is 4.79 Å². The van der Waals surface area contributed by atoms with Gasteiger partial charge in [-0.05, 0) is 25.0 Å². The van der Waals surface area contributed by atoms with E-state index in [0.29, 0.717) is 29.4 Å². The summed E-state index contributed by atoms with van der Waals surface area (Å²) < 4.78 is 11.5. The van der Waals surface area contributed by atoms with Crippen molar-refractivity contribution in [2.45, 2.75) is 32.6 Å². The van der Waals surface area contributed by atoms with Crippen molar-refractivity contribution in [3.63, 3.8) is 0 Å². The number of methoxy groups -OCH3 is 1. The molecule has 3 aromatic rings. The lowest BCUT2D eigenvalue weighted by Gasteiger charge is -2.26. The number of fused-ring (bicyclic) bond motifs is 1. The Morgan fingerprint density at radius 2 is 1.97 bits per heavy atom. The number of ether oxygens (including phenoxy) is 2. The second-order valence-electron chi connectivity index (χ2n) is 7.75. The zero-order chi connectivity index (χ0) is 22.8. The lowest BCUT2D eigenvalue weighted by atomic mass is 9.88. The summed E-state index contributed by atoms with van der Waals surface area (Å²) in [6.45, 7) is 4.51.